The van der Waals surface area contributed by atoms with E-state index < -0.39 is 0 Å². The lowest BCUT2D eigenvalue weighted by atomic mass is 10.1. The minimum absolute atomic E-state index is 0.00805. The van der Waals surface area contributed by atoms with E-state index in [0.717, 1.165) is 6.54 Å². The zero-order valence-corrected chi connectivity index (χ0v) is 14.8. The highest BCUT2D eigenvalue weighted by atomic mass is 16.2. The molecule has 0 radical (unpaired) electrons. The molecule has 0 N–H and O–H groups in total. The van der Waals surface area contributed by atoms with Crippen molar-refractivity contribution >= 4 is 11.8 Å². The van der Waals surface area contributed by atoms with Crippen molar-refractivity contribution in [1.29, 1.82) is 0 Å². The third-order valence-electron chi connectivity index (χ3n) is 4.50. The topological polar surface area (TPSA) is 56.8 Å². The average molecular weight is 318 g/mol. The fourth-order valence-corrected chi connectivity index (χ4v) is 2.87. The van der Waals surface area contributed by atoms with E-state index in [4.69, 9.17) is 0 Å². The second kappa shape index (κ2) is 6.66. The van der Waals surface area contributed by atoms with Gasteiger partial charge in [0.05, 0.1) is 11.3 Å². The van der Waals surface area contributed by atoms with E-state index in [-0.39, 0.29) is 17.9 Å². The summed E-state index contributed by atoms with van der Waals surface area (Å²) in [4.78, 5) is 34.8. The van der Waals surface area contributed by atoms with Gasteiger partial charge in [-0.3, -0.25) is 14.5 Å². The molecule has 126 valence electrons. The Morgan fingerprint density at radius 1 is 1.17 bits per heavy atom. The molecule has 6 heteroatoms. The second-order valence-electron chi connectivity index (χ2n) is 6.62. The first-order valence-corrected chi connectivity index (χ1v) is 7.93. The monoisotopic (exact) mass is 318 g/mol. The number of rotatable bonds is 2. The molecule has 2 heterocycles. The first kappa shape index (κ1) is 17.4. The van der Waals surface area contributed by atoms with E-state index in [2.05, 4.69) is 30.8 Å². The second-order valence-corrected chi connectivity index (χ2v) is 6.62. The van der Waals surface area contributed by atoms with Crippen LogP contribution < -0.4 is 0 Å². The minimum Gasteiger partial charge on any atom is -0.343 e. The maximum Gasteiger partial charge on any atom is 0.271 e. The Hall–Kier alpha value is -1.95. The number of nitrogens with zero attached hydrogens (tertiary/aromatic N) is 4. The summed E-state index contributed by atoms with van der Waals surface area (Å²) < 4.78 is 0. The SMILES string of the molecule is Cc1nc(C(=O)N(C)C)ccc1C(=O)N1CC(C)N(C)CC1C. The quantitative estimate of drug-likeness (QED) is 0.824. The van der Waals surface area contributed by atoms with Gasteiger partial charge in [-0.1, -0.05) is 0 Å². The van der Waals surface area contributed by atoms with Crippen molar-refractivity contribution in [1.82, 2.24) is 19.7 Å². The number of likely N-dealkylation sites (N-methyl/N-ethyl adjacent to an activating group) is 1. The summed E-state index contributed by atoms with van der Waals surface area (Å²) in [5.41, 5.74) is 1.54. The van der Waals surface area contributed by atoms with E-state index in [9.17, 15) is 9.59 Å². The maximum absolute atomic E-state index is 12.9. The minimum atomic E-state index is -0.159. The summed E-state index contributed by atoms with van der Waals surface area (Å²) in [5, 5.41) is 0. The van der Waals surface area contributed by atoms with Crippen LogP contribution in [0.3, 0.4) is 0 Å². The van der Waals surface area contributed by atoms with E-state index in [1.165, 1.54) is 4.90 Å². The van der Waals surface area contributed by atoms with Gasteiger partial charge in [-0.25, -0.2) is 4.98 Å². The largest absolute Gasteiger partial charge is 0.343 e. The molecule has 1 saturated heterocycles. The van der Waals surface area contributed by atoms with Crippen LogP contribution in [-0.4, -0.2) is 77.8 Å². The molecule has 6 nitrogen and oxygen atoms in total. The number of carbonyl (C=O) groups is 2. The Kier molecular flexibility index (Phi) is 5.04. The summed E-state index contributed by atoms with van der Waals surface area (Å²) in [5.74, 6) is -0.167. The Morgan fingerprint density at radius 2 is 1.83 bits per heavy atom. The van der Waals surface area contributed by atoms with E-state index in [1.54, 1.807) is 33.2 Å². The number of hydrogen-bond acceptors (Lipinski definition) is 4. The van der Waals surface area contributed by atoms with Gasteiger partial charge in [-0.2, -0.15) is 0 Å². The first-order valence-electron chi connectivity index (χ1n) is 7.93. The number of carbonyl (C=O) groups excluding carboxylic acids is 2. The lowest BCUT2D eigenvalue weighted by Crippen LogP contribution is -2.56. The van der Waals surface area contributed by atoms with Gasteiger partial charge in [0.2, 0.25) is 0 Å². The van der Waals surface area contributed by atoms with Gasteiger partial charge >= 0.3 is 0 Å². The Morgan fingerprint density at radius 3 is 2.39 bits per heavy atom. The lowest BCUT2D eigenvalue weighted by Gasteiger charge is -2.42. The average Bonchev–Trinajstić information content (AvgIpc) is 2.49. The van der Waals surface area contributed by atoms with Crippen molar-refractivity contribution in [2.45, 2.75) is 32.9 Å². The summed E-state index contributed by atoms with van der Waals surface area (Å²) in [7, 11) is 5.45. The number of aromatic nitrogens is 1. The highest BCUT2D eigenvalue weighted by molar-refractivity contribution is 5.97. The maximum atomic E-state index is 12.9. The van der Waals surface area contributed by atoms with Crippen LogP contribution >= 0.6 is 0 Å². The number of hydrogen-bond donors (Lipinski definition) is 0. The van der Waals surface area contributed by atoms with Crippen molar-refractivity contribution in [3.63, 3.8) is 0 Å². The molecule has 2 amide bonds. The highest BCUT2D eigenvalue weighted by Crippen LogP contribution is 2.18. The van der Waals surface area contributed by atoms with Crippen molar-refractivity contribution in [3.05, 3.63) is 29.1 Å². The molecule has 23 heavy (non-hydrogen) atoms. The first-order chi connectivity index (χ1) is 10.7. The molecule has 1 aromatic heterocycles. The number of aryl methyl sites for hydroxylation is 1. The van der Waals surface area contributed by atoms with Gasteiger partial charge in [0.15, 0.2) is 0 Å². The Balaban J connectivity index is 2.24. The van der Waals surface area contributed by atoms with Crippen molar-refractivity contribution in [2.75, 3.05) is 34.2 Å². The molecule has 0 aliphatic carbocycles. The van der Waals surface area contributed by atoms with Crippen LogP contribution in [0.5, 0.6) is 0 Å². The van der Waals surface area contributed by atoms with E-state index in [0.29, 0.717) is 29.5 Å². The zero-order valence-electron chi connectivity index (χ0n) is 14.8. The molecule has 1 aliphatic rings. The van der Waals surface area contributed by atoms with Crippen molar-refractivity contribution in [3.8, 4) is 0 Å². The molecule has 0 aromatic carbocycles. The predicted octanol–water partition coefficient (Wildman–Crippen LogP) is 1.26. The molecule has 2 unspecified atom stereocenters. The lowest BCUT2D eigenvalue weighted by molar-refractivity contribution is 0.0396. The van der Waals surface area contributed by atoms with Crippen LogP contribution in [0, 0.1) is 6.92 Å². The Bertz CT molecular complexity index is 615. The Labute approximate surface area is 138 Å². The van der Waals surface area contributed by atoms with Crippen LogP contribution in [-0.2, 0) is 0 Å². The van der Waals surface area contributed by atoms with Crippen LogP contribution in [0.4, 0.5) is 0 Å². The van der Waals surface area contributed by atoms with Crippen molar-refractivity contribution in [2.24, 2.45) is 0 Å². The van der Waals surface area contributed by atoms with Gasteiger partial charge in [0.1, 0.15) is 5.69 Å². The van der Waals surface area contributed by atoms with Gasteiger partial charge in [-0.15, -0.1) is 0 Å². The number of pyridine rings is 1. The highest BCUT2D eigenvalue weighted by Gasteiger charge is 2.31. The third kappa shape index (κ3) is 3.52. The van der Waals surface area contributed by atoms with Gasteiger partial charge in [0.25, 0.3) is 11.8 Å². The van der Waals surface area contributed by atoms with Crippen LogP contribution in [0.25, 0.3) is 0 Å². The van der Waals surface area contributed by atoms with Gasteiger partial charge < -0.3 is 9.80 Å². The van der Waals surface area contributed by atoms with Crippen molar-refractivity contribution < 1.29 is 9.59 Å². The van der Waals surface area contributed by atoms with E-state index >= 15 is 0 Å². The molecule has 0 saturated carbocycles. The molecule has 2 atom stereocenters. The number of piperazine rings is 1. The zero-order chi connectivity index (χ0) is 17.3. The normalized spacial score (nSPS) is 22.1. The van der Waals surface area contributed by atoms with Crippen LogP contribution in [0.1, 0.15) is 40.4 Å². The standard InChI is InChI=1S/C17H26N4O2/c1-11-10-21(12(2)9-20(11)6)16(22)14-7-8-15(18-13(14)3)17(23)19(4)5/h7-8,11-12H,9-10H2,1-6H3. The predicted molar refractivity (Wildman–Crippen MR) is 89.6 cm³/mol. The molecule has 2 rings (SSSR count). The van der Waals surface area contributed by atoms with E-state index in [1.807, 2.05) is 4.90 Å². The summed E-state index contributed by atoms with van der Waals surface area (Å²) >= 11 is 0. The third-order valence-corrected chi connectivity index (χ3v) is 4.50. The van der Waals surface area contributed by atoms with Crippen LogP contribution in [0.15, 0.2) is 12.1 Å². The summed E-state index contributed by atoms with van der Waals surface area (Å²) in [6.07, 6.45) is 0. The number of amides is 2. The summed E-state index contributed by atoms with van der Waals surface area (Å²) in [6, 6.07) is 3.84. The molecule has 1 aliphatic heterocycles. The molecule has 1 fully saturated rings. The molecule has 0 spiro atoms. The fourth-order valence-electron chi connectivity index (χ4n) is 2.87. The molecule has 0 bridgehead atoms. The fraction of sp³-hybridized carbons (Fsp3) is 0.588. The molecular formula is C17H26N4O2. The van der Waals surface area contributed by atoms with Crippen LogP contribution in [0.2, 0.25) is 0 Å². The smallest absolute Gasteiger partial charge is 0.271 e. The summed E-state index contributed by atoms with van der Waals surface area (Å²) in [6.45, 7) is 7.53. The molecular weight excluding hydrogens is 292 g/mol. The van der Waals surface area contributed by atoms with Gasteiger partial charge in [0, 0.05) is 39.3 Å². The molecule has 1 aromatic rings. The van der Waals surface area contributed by atoms with Gasteiger partial charge in [-0.05, 0) is 40.0 Å².